The molecule has 0 N–H and O–H groups in total. The summed E-state index contributed by atoms with van der Waals surface area (Å²) in [4.78, 5) is 0. The highest BCUT2D eigenvalue weighted by Crippen LogP contribution is 2.43. The van der Waals surface area contributed by atoms with Crippen molar-refractivity contribution in [2.45, 2.75) is 31.4 Å². The van der Waals surface area contributed by atoms with Crippen molar-refractivity contribution in [1.82, 2.24) is 0 Å². The normalized spacial score (nSPS) is 17.3. The monoisotopic (exact) mass is 296 g/mol. The van der Waals surface area contributed by atoms with Crippen LogP contribution >= 0.6 is 15.9 Å². The Bertz CT molecular complexity index is 407. The second-order valence-electron chi connectivity index (χ2n) is 3.95. The molecule has 1 aromatic rings. The Morgan fingerprint density at radius 3 is 2.25 bits per heavy atom. The van der Waals surface area contributed by atoms with E-state index in [9.17, 15) is 17.6 Å². The lowest BCUT2D eigenvalue weighted by Gasteiger charge is -2.27. The van der Waals surface area contributed by atoms with Gasteiger partial charge in [0.05, 0.1) is 0 Å². The molecule has 2 rings (SSSR count). The molecule has 0 radical (unpaired) electrons. The van der Waals surface area contributed by atoms with Gasteiger partial charge >= 0.3 is 6.18 Å². The first kappa shape index (κ1) is 11.9. The van der Waals surface area contributed by atoms with Gasteiger partial charge in [-0.05, 0) is 30.4 Å². The molecular weight excluding hydrogens is 288 g/mol. The van der Waals surface area contributed by atoms with Gasteiger partial charge in [-0.25, -0.2) is 4.39 Å². The smallest absolute Gasteiger partial charge is 0.206 e. The van der Waals surface area contributed by atoms with E-state index in [0.717, 1.165) is 19.3 Å². The van der Waals surface area contributed by atoms with E-state index in [-0.39, 0.29) is 16.0 Å². The molecule has 0 heterocycles. The van der Waals surface area contributed by atoms with Crippen LogP contribution in [0.4, 0.5) is 17.6 Å². The third-order valence-electron chi connectivity index (χ3n) is 2.95. The summed E-state index contributed by atoms with van der Waals surface area (Å²) in [5.74, 6) is -1.17. The third kappa shape index (κ3) is 1.97. The van der Waals surface area contributed by atoms with Crippen molar-refractivity contribution in [3.63, 3.8) is 0 Å². The molecule has 0 spiro atoms. The highest BCUT2D eigenvalue weighted by molar-refractivity contribution is 9.10. The van der Waals surface area contributed by atoms with E-state index in [1.165, 1.54) is 12.1 Å². The highest BCUT2D eigenvalue weighted by Gasteiger charge is 2.38. The van der Waals surface area contributed by atoms with Crippen LogP contribution in [-0.2, 0) is 6.18 Å². The van der Waals surface area contributed by atoms with Crippen LogP contribution < -0.4 is 0 Å². The highest BCUT2D eigenvalue weighted by atomic mass is 79.9. The molecule has 0 amide bonds. The minimum atomic E-state index is -4.65. The first-order valence-electron chi connectivity index (χ1n) is 4.96. The lowest BCUT2D eigenvalue weighted by atomic mass is 9.79. The number of hydrogen-bond donors (Lipinski definition) is 0. The minimum absolute atomic E-state index is 0.0470. The van der Waals surface area contributed by atoms with E-state index >= 15 is 0 Å². The zero-order chi connectivity index (χ0) is 11.9. The van der Waals surface area contributed by atoms with E-state index in [1.54, 1.807) is 0 Å². The Labute approximate surface area is 98.8 Å². The summed E-state index contributed by atoms with van der Waals surface area (Å²) in [5, 5.41) is 0. The largest absolute Gasteiger partial charge is 0.420 e. The van der Waals surface area contributed by atoms with Gasteiger partial charge in [-0.15, -0.1) is 0 Å². The Morgan fingerprint density at radius 2 is 1.81 bits per heavy atom. The molecule has 0 nitrogen and oxygen atoms in total. The van der Waals surface area contributed by atoms with Gasteiger partial charge in [-0.1, -0.05) is 28.4 Å². The van der Waals surface area contributed by atoms with Crippen molar-refractivity contribution in [3.05, 3.63) is 33.5 Å². The van der Waals surface area contributed by atoms with Crippen LogP contribution in [0, 0.1) is 5.82 Å². The van der Waals surface area contributed by atoms with Crippen molar-refractivity contribution >= 4 is 15.9 Å². The summed E-state index contributed by atoms with van der Waals surface area (Å²) < 4.78 is 51.3. The van der Waals surface area contributed by atoms with Crippen LogP contribution in [0.25, 0.3) is 0 Å². The van der Waals surface area contributed by atoms with E-state index in [0.29, 0.717) is 0 Å². The van der Waals surface area contributed by atoms with Gasteiger partial charge in [0.25, 0.3) is 0 Å². The Balaban J connectivity index is 2.50. The maximum absolute atomic E-state index is 13.8. The summed E-state index contributed by atoms with van der Waals surface area (Å²) in [5.41, 5.74) is -0.987. The average Bonchev–Trinajstić information content (AvgIpc) is 2.04. The van der Waals surface area contributed by atoms with E-state index in [2.05, 4.69) is 15.9 Å². The van der Waals surface area contributed by atoms with E-state index in [4.69, 9.17) is 0 Å². The zero-order valence-corrected chi connectivity index (χ0v) is 9.83. The predicted octanol–water partition coefficient (Wildman–Crippen LogP) is 4.87. The van der Waals surface area contributed by atoms with Gasteiger partial charge < -0.3 is 0 Å². The molecule has 0 aromatic heterocycles. The molecule has 0 unspecified atom stereocenters. The molecule has 0 saturated heterocycles. The first-order chi connectivity index (χ1) is 7.41. The Morgan fingerprint density at radius 1 is 1.19 bits per heavy atom. The number of halogens is 5. The van der Waals surface area contributed by atoms with Crippen LogP contribution in [0.15, 0.2) is 16.6 Å². The second kappa shape index (κ2) is 4.02. The molecule has 1 aromatic carbocycles. The summed E-state index contributed by atoms with van der Waals surface area (Å²) in [6.45, 7) is 0. The summed E-state index contributed by atoms with van der Waals surface area (Å²) >= 11 is 2.75. The predicted molar refractivity (Wildman–Crippen MR) is 55.7 cm³/mol. The van der Waals surface area contributed by atoms with Crippen LogP contribution in [0.3, 0.4) is 0 Å². The molecule has 1 aliphatic rings. The Kier molecular flexibility index (Phi) is 2.99. The number of alkyl halides is 3. The van der Waals surface area contributed by atoms with Gasteiger partial charge in [0.1, 0.15) is 11.4 Å². The maximum atomic E-state index is 13.8. The molecule has 1 aliphatic carbocycles. The first-order valence-corrected chi connectivity index (χ1v) is 5.75. The molecule has 1 fully saturated rings. The van der Waals surface area contributed by atoms with Gasteiger partial charge in [-0.3, -0.25) is 0 Å². The fraction of sp³-hybridized carbons (Fsp3) is 0.455. The molecular formula is C11H9BrF4. The molecule has 0 atom stereocenters. The van der Waals surface area contributed by atoms with Crippen molar-refractivity contribution in [1.29, 1.82) is 0 Å². The standard InChI is InChI=1S/C11H9BrF4/c12-8-5-4-7(6-2-1-3-6)10(13)9(8)11(14,15)16/h4-6H,1-3H2. The minimum Gasteiger partial charge on any atom is -0.206 e. The van der Waals surface area contributed by atoms with Crippen LogP contribution in [0.5, 0.6) is 0 Å². The van der Waals surface area contributed by atoms with Gasteiger partial charge in [0.2, 0.25) is 0 Å². The average molecular weight is 297 g/mol. The Hall–Kier alpha value is -0.580. The molecule has 1 saturated carbocycles. The van der Waals surface area contributed by atoms with Crippen molar-refractivity contribution in [2.24, 2.45) is 0 Å². The van der Waals surface area contributed by atoms with Gasteiger partial charge in [-0.2, -0.15) is 13.2 Å². The van der Waals surface area contributed by atoms with Crippen LogP contribution in [-0.4, -0.2) is 0 Å². The fourth-order valence-corrected chi connectivity index (χ4v) is 2.39. The molecule has 16 heavy (non-hydrogen) atoms. The molecule has 0 bridgehead atoms. The molecule has 88 valence electrons. The lowest BCUT2D eigenvalue weighted by molar-refractivity contribution is -0.140. The maximum Gasteiger partial charge on any atom is 0.420 e. The summed E-state index contributed by atoms with van der Waals surface area (Å²) in [6, 6.07) is 2.72. The summed E-state index contributed by atoms with van der Waals surface area (Å²) in [6.07, 6.45) is -2.14. The number of hydrogen-bond acceptors (Lipinski definition) is 0. The second-order valence-corrected chi connectivity index (χ2v) is 4.81. The van der Waals surface area contributed by atoms with Crippen LogP contribution in [0.1, 0.15) is 36.3 Å². The van der Waals surface area contributed by atoms with E-state index < -0.39 is 17.6 Å². The number of benzene rings is 1. The SMILES string of the molecule is Fc1c(C2CCC2)ccc(Br)c1C(F)(F)F. The van der Waals surface area contributed by atoms with Crippen molar-refractivity contribution in [2.75, 3.05) is 0 Å². The zero-order valence-electron chi connectivity index (χ0n) is 8.24. The van der Waals surface area contributed by atoms with Crippen LogP contribution in [0.2, 0.25) is 0 Å². The third-order valence-corrected chi connectivity index (χ3v) is 3.61. The van der Waals surface area contributed by atoms with Gasteiger partial charge in [0.15, 0.2) is 0 Å². The van der Waals surface area contributed by atoms with Crippen molar-refractivity contribution in [3.8, 4) is 0 Å². The van der Waals surface area contributed by atoms with Gasteiger partial charge in [0, 0.05) is 4.47 Å². The quantitative estimate of drug-likeness (QED) is 0.648. The number of rotatable bonds is 1. The molecule has 5 heteroatoms. The fourth-order valence-electron chi connectivity index (χ4n) is 1.86. The molecule has 0 aliphatic heterocycles. The van der Waals surface area contributed by atoms with Crippen molar-refractivity contribution < 1.29 is 17.6 Å². The lowest BCUT2D eigenvalue weighted by Crippen LogP contribution is -2.16. The summed E-state index contributed by atoms with van der Waals surface area (Å²) in [7, 11) is 0. The van der Waals surface area contributed by atoms with E-state index in [1.807, 2.05) is 0 Å². The topological polar surface area (TPSA) is 0 Å².